The molecule has 0 bridgehead atoms. The summed E-state index contributed by atoms with van der Waals surface area (Å²) in [5.74, 6) is 0. The number of hydrogen-bond donors (Lipinski definition) is 6. The summed E-state index contributed by atoms with van der Waals surface area (Å²) >= 11 is 0. The van der Waals surface area contributed by atoms with Gasteiger partial charge in [-0.3, -0.25) is 18.9 Å². The van der Waals surface area contributed by atoms with Gasteiger partial charge in [-0.15, -0.1) is 0 Å². The molecule has 29 heavy (non-hydrogen) atoms. The van der Waals surface area contributed by atoms with E-state index >= 15 is 0 Å². The van der Waals surface area contributed by atoms with Crippen molar-refractivity contribution in [3.8, 4) is 0 Å². The van der Waals surface area contributed by atoms with Gasteiger partial charge in [-0.1, -0.05) is 0 Å². The van der Waals surface area contributed by atoms with E-state index in [1.165, 1.54) is 0 Å². The van der Waals surface area contributed by atoms with Crippen LogP contribution in [0.4, 0.5) is 0 Å². The molecule has 1 saturated heterocycles. The van der Waals surface area contributed by atoms with Gasteiger partial charge in [0.2, 0.25) is 0 Å². The van der Waals surface area contributed by atoms with Crippen molar-refractivity contribution < 1.29 is 47.6 Å². The number of hydrogen-bond acceptors (Lipinski definition) is 9. The van der Waals surface area contributed by atoms with Crippen LogP contribution in [0.15, 0.2) is 21.9 Å². The van der Waals surface area contributed by atoms with Gasteiger partial charge in [0.1, 0.15) is 18.3 Å². The third-order valence-corrected chi connectivity index (χ3v) is 5.23. The SMILES string of the molecule is O=c1ccn([C@H]2O[C@@H](COP(=O)(O)OP(=O)(O)O)C(O)C2O)c(=O)[nH]1.[NaH].[NaH].[NaH].[NaH]. The predicted octanol–water partition coefficient (Wildman–Crippen LogP) is -5.21. The molecule has 2 heterocycles. The zero-order valence-electron chi connectivity index (χ0n) is 12.1. The number of aromatic amines is 1. The number of nitrogens with one attached hydrogen (secondary N) is 1. The van der Waals surface area contributed by atoms with Crippen molar-refractivity contribution in [1.29, 1.82) is 0 Å². The molecule has 0 spiro atoms. The molecule has 1 fully saturated rings. The van der Waals surface area contributed by atoms with Crippen molar-refractivity contribution in [1.82, 2.24) is 9.55 Å². The first kappa shape index (κ1) is 36.4. The molecule has 1 aromatic heterocycles. The van der Waals surface area contributed by atoms with Crippen molar-refractivity contribution in [3.05, 3.63) is 33.1 Å². The van der Waals surface area contributed by atoms with Gasteiger partial charge in [0.15, 0.2) is 6.23 Å². The van der Waals surface area contributed by atoms with Crippen LogP contribution in [0.5, 0.6) is 0 Å². The number of ether oxygens (including phenoxy) is 1. The summed E-state index contributed by atoms with van der Waals surface area (Å²) in [6.07, 6.45) is -5.25. The summed E-state index contributed by atoms with van der Waals surface area (Å²) in [6.45, 7) is -0.902. The molecule has 6 N–H and O–H groups in total. The maximum absolute atomic E-state index is 11.7. The van der Waals surface area contributed by atoms with E-state index in [9.17, 15) is 28.9 Å². The van der Waals surface area contributed by atoms with Crippen LogP contribution in [-0.2, 0) is 22.7 Å². The van der Waals surface area contributed by atoms with Crippen LogP contribution in [0.25, 0.3) is 0 Å². The Morgan fingerprint density at radius 2 is 1.62 bits per heavy atom. The quantitative estimate of drug-likeness (QED) is 0.160. The fraction of sp³-hybridized carbons (Fsp3) is 0.556. The number of phosphoric ester groups is 1. The second-order valence-electron chi connectivity index (χ2n) is 4.90. The number of aromatic nitrogens is 2. The molecule has 20 heteroatoms. The number of phosphoric acid groups is 2. The maximum atomic E-state index is 11.7. The summed E-state index contributed by atoms with van der Waals surface area (Å²) in [5, 5.41) is 19.8. The summed E-state index contributed by atoms with van der Waals surface area (Å²) in [4.78, 5) is 50.7. The number of rotatable bonds is 6. The van der Waals surface area contributed by atoms with E-state index in [1.54, 1.807) is 0 Å². The van der Waals surface area contributed by atoms with E-state index in [4.69, 9.17) is 19.4 Å². The van der Waals surface area contributed by atoms with Crippen molar-refractivity contribution >= 4 is 134 Å². The third kappa shape index (κ3) is 11.2. The van der Waals surface area contributed by atoms with Crippen molar-refractivity contribution in [2.45, 2.75) is 24.5 Å². The zero-order chi connectivity index (χ0) is 19.0. The molecule has 2 rings (SSSR count). The first-order chi connectivity index (χ1) is 11.4. The summed E-state index contributed by atoms with van der Waals surface area (Å²) in [7, 11) is -10.5. The van der Waals surface area contributed by atoms with Crippen molar-refractivity contribution in [2.75, 3.05) is 6.61 Å². The van der Waals surface area contributed by atoms with Crippen LogP contribution >= 0.6 is 15.6 Å². The predicted molar refractivity (Wildman–Crippen MR) is 105 cm³/mol. The fourth-order valence-electron chi connectivity index (χ4n) is 2.05. The van der Waals surface area contributed by atoms with Gasteiger partial charge in [0, 0.05) is 12.3 Å². The van der Waals surface area contributed by atoms with Crippen LogP contribution < -0.4 is 11.2 Å². The summed E-state index contributed by atoms with van der Waals surface area (Å²) < 4.78 is 35.6. The Morgan fingerprint density at radius 3 is 2.10 bits per heavy atom. The van der Waals surface area contributed by atoms with Gasteiger partial charge in [0.25, 0.3) is 5.56 Å². The standard InChI is InChI=1S/C9H14N2O12P2.4Na.4H/c12-5-1-2-11(9(15)10-5)8-7(14)6(13)4(22-8)3-21-25(19,20)23-24(16,17)18;;;;;;;;/h1-2,4,6-8,13-14H,3H2,(H,19,20)(H,10,12,15)(H2,16,17,18);;;;;;;;/t4-,6?,7?,8-;;;;;;;;/m0......../s1. The molecular weight excluding hydrogens is 482 g/mol. The van der Waals surface area contributed by atoms with Gasteiger partial charge >= 0.3 is 140 Å². The molecule has 5 atom stereocenters. The molecule has 1 aliphatic rings. The topological polar surface area (TPSA) is 218 Å². The minimum absolute atomic E-state index is 0. The van der Waals surface area contributed by atoms with Crippen molar-refractivity contribution in [2.24, 2.45) is 0 Å². The average Bonchev–Trinajstić information content (AvgIpc) is 2.71. The number of aliphatic hydroxyl groups excluding tert-OH is 2. The molecule has 150 valence electrons. The Labute approximate surface area is 251 Å². The molecule has 0 aromatic carbocycles. The fourth-order valence-corrected chi connectivity index (χ4v) is 3.65. The molecule has 14 nitrogen and oxygen atoms in total. The Morgan fingerprint density at radius 1 is 1.07 bits per heavy atom. The van der Waals surface area contributed by atoms with Gasteiger partial charge in [-0.05, 0) is 0 Å². The monoisotopic (exact) mass is 500 g/mol. The minimum atomic E-state index is -5.32. The van der Waals surface area contributed by atoms with E-state index in [-0.39, 0.29) is 118 Å². The molecule has 0 amide bonds. The van der Waals surface area contributed by atoms with E-state index in [1.807, 2.05) is 4.98 Å². The number of aliphatic hydroxyl groups is 2. The van der Waals surface area contributed by atoms with Crippen LogP contribution in [0.3, 0.4) is 0 Å². The normalized spacial score (nSPS) is 25.4. The van der Waals surface area contributed by atoms with Crippen LogP contribution in [0.1, 0.15) is 6.23 Å². The summed E-state index contributed by atoms with van der Waals surface area (Å²) in [6, 6.07) is 0.962. The molecule has 1 aliphatic heterocycles. The first-order valence-electron chi connectivity index (χ1n) is 6.47. The second-order valence-corrected chi connectivity index (χ2v) is 7.73. The van der Waals surface area contributed by atoms with E-state index in [0.717, 1.165) is 16.8 Å². The van der Waals surface area contributed by atoms with Gasteiger partial charge in [-0.2, -0.15) is 4.31 Å². The Hall–Kier alpha value is 2.82. The molecule has 0 saturated carbocycles. The van der Waals surface area contributed by atoms with E-state index in [2.05, 4.69) is 8.83 Å². The van der Waals surface area contributed by atoms with Gasteiger partial charge < -0.3 is 29.6 Å². The van der Waals surface area contributed by atoms with Gasteiger partial charge in [-0.25, -0.2) is 13.9 Å². The number of H-pyrrole nitrogens is 1. The van der Waals surface area contributed by atoms with Gasteiger partial charge in [0.05, 0.1) is 6.61 Å². The number of nitrogens with zero attached hydrogens (tertiary/aromatic N) is 1. The van der Waals surface area contributed by atoms with E-state index < -0.39 is 58.0 Å². The second kappa shape index (κ2) is 14.9. The molecule has 0 radical (unpaired) electrons. The average molecular weight is 500 g/mol. The third-order valence-electron chi connectivity index (χ3n) is 3.07. The Kier molecular flexibility index (Phi) is 18.8. The van der Waals surface area contributed by atoms with Crippen LogP contribution in [0.2, 0.25) is 0 Å². The molecule has 3 unspecified atom stereocenters. The van der Waals surface area contributed by atoms with E-state index in [0.29, 0.717) is 0 Å². The summed E-state index contributed by atoms with van der Waals surface area (Å²) in [5.41, 5.74) is -1.65. The van der Waals surface area contributed by atoms with Crippen LogP contribution in [0, 0.1) is 0 Å². The molecule has 1 aromatic rings. The Bertz CT molecular complexity index is 845. The Balaban J connectivity index is -0.00000169. The molecular formula is C9H18N2Na4O12P2. The first-order valence-corrected chi connectivity index (χ1v) is 9.49. The zero-order valence-corrected chi connectivity index (χ0v) is 13.9. The molecule has 0 aliphatic carbocycles. The van der Waals surface area contributed by atoms with Crippen molar-refractivity contribution in [3.63, 3.8) is 0 Å². The van der Waals surface area contributed by atoms with Crippen LogP contribution in [-0.4, -0.2) is 178 Å².